The standard InChI is InChI=1S/C20H30N2/c1-8-9-10-20(6,7)15-11-14(2)18-16(12-15)21-13-17(22-18)19(3,4)5/h11-13H,8-10H2,1-7H3. The van der Waals surface area contributed by atoms with Gasteiger partial charge in [-0.05, 0) is 36.0 Å². The van der Waals surface area contributed by atoms with E-state index in [-0.39, 0.29) is 10.8 Å². The van der Waals surface area contributed by atoms with Crippen LogP contribution in [-0.2, 0) is 10.8 Å². The molecular weight excluding hydrogens is 268 g/mol. The first-order chi connectivity index (χ1) is 10.1. The normalized spacial score (nSPS) is 12.9. The van der Waals surface area contributed by atoms with E-state index in [0.717, 1.165) is 16.7 Å². The molecule has 0 N–H and O–H groups in total. The highest BCUT2D eigenvalue weighted by molar-refractivity contribution is 5.79. The highest BCUT2D eigenvalue weighted by atomic mass is 14.8. The molecule has 0 aliphatic rings. The second-order valence-corrected chi connectivity index (χ2v) is 8.15. The maximum Gasteiger partial charge on any atom is 0.0919 e. The highest BCUT2D eigenvalue weighted by Crippen LogP contribution is 2.32. The maximum atomic E-state index is 4.87. The first-order valence-electron chi connectivity index (χ1n) is 8.43. The van der Waals surface area contributed by atoms with E-state index in [1.54, 1.807) is 0 Å². The summed E-state index contributed by atoms with van der Waals surface area (Å²) in [7, 11) is 0. The van der Waals surface area contributed by atoms with Crippen molar-refractivity contribution in [3.05, 3.63) is 35.2 Å². The lowest BCUT2D eigenvalue weighted by atomic mass is 9.79. The molecule has 0 unspecified atom stereocenters. The largest absolute Gasteiger partial charge is 0.253 e. The summed E-state index contributed by atoms with van der Waals surface area (Å²) in [5.41, 5.74) is 5.96. The van der Waals surface area contributed by atoms with Crippen molar-refractivity contribution >= 4 is 11.0 Å². The van der Waals surface area contributed by atoms with E-state index in [1.165, 1.54) is 30.4 Å². The van der Waals surface area contributed by atoms with Gasteiger partial charge >= 0.3 is 0 Å². The SMILES string of the molecule is CCCCC(C)(C)c1cc(C)c2nc(C(C)(C)C)cnc2c1. The van der Waals surface area contributed by atoms with Gasteiger partial charge in [0.1, 0.15) is 0 Å². The molecule has 2 aromatic rings. The quantitative estimate of drug-likeness (QED) is 0.723. The zero-order valence-electron chi connectivity index (χ0n) is 15.2. The van der Waals surface area contributed by atoms with Crippen molar-refractivity contribution in [2.45, 2.75) is 78.6 Å². The van der Waals surface area contributed by atoms with Gasteiger partial charge in [-0.15, -0.1) is 0 Å². The van der Waals surface area contributed by atoms with Crippen molar-refractivity contribution in [1.82, 2.24) is 9.97 Å². The van der Waals surface area contributed by atoms with Gasteiger partial charge in [-0.3, -0.25) is 4.98 Å². The Morgan fingerprint density at radius 2 is 1.73 bits per heavy atom. The van der Waals surface area contributed by atoms with Gasteiger partial charge < -0.3 is 0 Å². The van der Waals surface area contributed by atoms with Crippen molar-refractivity contribution in [2.75, 3.05) is 0 Å². The molecule has 0 atom stereocenters. The van der Waals surface area contributed by atoms with Crippen molar-refractivity contribution < 1.29 is 0 Å². The number of hydrogen-bond acceptors (Lipinski definition) is 2. The van der Waals surface area contributed by atoms with Crippen LogP contribution in [0, 0.1) is 6.92 Å². The minimum atomic E-state index is 0.0344. The Hall–Kier alpha value is -1.44. The Bertz CT molecular complexity index is 663. The molecule has 1 aromatic carbocycles. The second kappa shape index (κ2) is 5.98. The third kappa shape index (κ3) is 3.48. The highest BCUT2D eigenvalue weighted by Gasteiger charge is 2.22. The summed E-state index contributed by atoms with van der Waals surface area (Å²) in [5.74, 6) is 0. The fraction of sp³-hybridized carbons (Fsp3) is 0.600. The molecule has 0 radical (unpaired) electrons. The van der Waals surface area contributed by atoms with Crippen molar-refractivity contribution in [3.63, 3.8) is 0 Å². The van der Waals surface area contributed by atoms with Gasteiger partial charge in [-0.2, -0.15) is 0 Å². The van der Waals surface area contributed by atoms with E-state index in [2.05, 4.69) is 60.6 Å². The van der Waals surface area contributed by atoms with E-state index in [1.807, 2.05) is 6.20 Å². The van der Waals surface area contributed by atoms with Crippen LogP contribution in [0.5, 0.6) is 0 Å². The molecule has 2 heteroatoms. The summed E-state index contributed by atoms with van der Waals surface area (Å²) in [5, 5.41) is 0. The zero-order valence-corrected chi connectivity index (χ0v) is 15.2. The number of benzene rings is 1. The Morgan fingerprint density at radius 1 is 1.05 bits per heavy atom. The molecule has 0 saturated carbocycles. The summed E-state index contributed by atoms with van der Waals surface area (Å²) in [6.07, 6.45) is 5.65. The molecule has 22 heavy (non-hydrogen) atoms. The molecule has 0 aliphatic heterocycles. The fourth-order valence-corrected chi connectivity index (χ4v) is 2.80. The van der Waals surface area contributed by atoms with Crippen molar-refractivity contribution in [1.29, 1.82) is 0 Å². The van der Waals surface area contributed by atoms with Gasteiger partial charge in [0.15, 0.2) is 0 Å². The molecule has 1 heterocycles. The Labute approximate surface area is 135 Å². The lowest BCUT2D eigenvalue weighted by molar-refractivity contribution is 0.458. The summed E-state index contributed by atoms with van der Waals surface area (Å²) >= 11 is 0. The third-order valence-electron chi connectivity index (χ3n) is 4.54. The van der Waals surface area contributed by atoms with E-state index in [4.69, 9.17) is 9.97 Å². The van der Waals surface area contributed by atoms with Crippen molar-refractivity contribution in [3.8, 4) is 0 Å². The number of rotatable bonds is 4. The molecule has 2 nitrogen and oxygen atoms in total. The molecule has 0 amide bonds. The van der Waals surface area contributed by atoms with Gasteiger partial charge in [-0.1, -0.05) is 60.5 Å². The predicted octanol–water partition coefficient (Wildman–Crippen LogP) is 5.70. The van der Waals surface area contributed by atoms with Gasteiger partial charge in [0, 0.05) is 11.6 Å². The topological polar surface area (TPSA) is 25.8 Å². The van der Waals surface area contributed by atoms with Gasteiger partial charge in [0.05, 0.1) is 16.7 Å². The summed E-state index contributed by atoms with van der Waals surface area (Å²) < 4.78 is 0. The lowest BCUT2D eigenvalue weighted by Crippen LogP contribution is -2.18. The first-order valence-corrected chi connectivity index (χ1v) is 8.43. The van der Waals surface area contributed by atoms with Crippen molar-refractivity contribution in [2.24, 2.45) is 0 Å². The molecule has 2 rings (SSSR count). The molecule has 0 aliphatic carbocycles. The Morgan fingerprint density at radius 3 is 2.32 bits per heavy atom. The molecule has 120 valence electrons. The van der Waals surface area contributed by atoms with Crippen LogP contribution >= 0.6 is 0 Å². The van der Waals surface area contributed by atoms with Crippen LogP contribution in [0.1, 0.15) is 77.6 Å². The van der Waals surface area contributed by atoms with Crippen LogP contribution in [0.25, 0.3) is 11.0 Å². The van der Waals surface area contributed by atoms with Gasteiger partial charge in [0.2, 0.25) is 0 Å². The fourth-order valence-electron chi connectivity index (χ4n) is 2.80. The first kappa shape index (κ1) is 16.9. The number of nitrogens with zero attached hydrogens (tertiary/aromatic N) is 2. The summed E-state index contributed by atoms with van der Waals surface area (Å²) in [6.45, 7) is 15.6. The number of aromatic nitrogens is 2. The second-order valence-electron chi connectivity index (χ2n) is 8.15. The number of unbranched alkanes of at least 4 members (excludes halogenated alkanes) is 1. The van der Waals surface area contributed by atoms with Crippen LogP contribution in [0.2, 0.25) is 0 Å². The minimum Gasteiger partial charge on any atom is -0.253 e. The molecule has 1 aromatic heterocycles. The lowest BCUT2D eigenvalue weighted by Gasteiger charge is -2.26. The average Bonchev–Trinajstić information content (AvgIpc) is 2.43. The van der Waals surface area contributed by atoms with Crippen LogP contribution in [0.4, 0.5) is 0 Å². The monoisotopic (exact) mass is 298 g/mol. The van der Waals surface area contributed by atoms with E-state index in [9.17, 15) is 0 Å². The Balaban J connectivity index is 2.51. The van der Waals surface area contributed by atoms with E-state index < -0.39 is 0 Å². The van der Waals surface area contributed by atoms with Crippen LogP contribution in [-0.4, -0.2) is 9.97 Å². The number of hydrogen-bond donors (Lipinski definition) is 0. The van der Waals surface area contributed by atoms with E-state index >= 15 is 0 Å². The number of fused-ring (bicyclic) bond motifs is 1. The molecular formula is C20H30N2. The molecule has 0 saturated heterocycles. The molecule has 0 spiro atoms. The molecule has 0 bridgehead atoms. The zero-order chi connectivity index (χ0) is 16.5. The third-order valence-corrected chi connectivity index (χ3v) is 4.54. The minimum absolute atomic E-state index is 0.0344. The van der Waals surface area contributed by atoms with Crippen LogP contribution < -0.4 is 0 Å². The van der Waals surface area contributed by atoms with Crippen LogP contribution in [0.15, 0.2) is 18.3 Å². The average molecular weight is 298 g/mol. The van der Waals surface area contributed by atoms with E-state index in [0.29, 0.717) is 0 Å². The Kier molecular flexibility index (Phi) is 4.60. The van der Waals surface area contributed by atoms with Gasteiger partial charge in [-0.25, -0.2) is 4.98 Å². The van der Waals surface area contributed by atoms with Gasteiger partial charge in [0.25, 0.3) is 0 Å². The summed E-state index contributed by atoms with van der Waals surface area (Å²) in [4.78, 5) is 9.57. The molecule has 0 fully saturated rings. The number of aryl methyl sites for hydroxylation is 1. The predicted molar refractivity (Wildman–Crippen MR) is 95.5 cm³/mol. The smallest absolute Gasteiger partial charge is 0.0919 e. The maximum absolute atomic E-state index is 4.87. The summed E-state index contributed by atoms with van der Waals surface area (Å²) in [6, 6.07) is 4.54. The van der Waals surface area contributed by atoms with Crippen LogP contribution in [0.3, 0.4) is 0 Å².